The molecule has 0 spiro atoms. The molecule has 0 unspecified atom stereocenters. The number of benzene rings is 3. The van der Waals surface area contributed by atoms with Crippen LogP contribution in [0.4, 0.5) is 0 Å². The molecule has 0 atom stereocenters. The molecule has 6 nitrogen and oxygen atoms in total. The molecule has 1 heterocycles. The largest absolute Gasteiger partial charge is 0.507 e. The van der Waals surface area contributed by atoms with Gasteiger partial charge in [-0.1, -0.05) is 48.5 Å². The summed E-state index contributed by atoms with van der Waals surface area (Å²) in [4.78, 5) is 14.0. The van der Waals surface area contributed by atoms with Gasteiger partial charge in [0.2, 0.25) is 0 Å². The van der Waals surface area contributed by atoms with E-state index in [-0.39, 0.29) is 5.75 Å². The zero-order valence-corrected chi connectivity index (χ0v) is 18.1. The molecular weight excluding hydrogens is 402 g/mol. The number of rotatable bonds is 6. The van der Waals surface area contributed by atoms with Gasteiger partial charge < -0.3 is 14.6 Å². The fourth-order valence-electron chi connectivity index (χ4n) is 3.31. The number of phenolic OH excluding ortho intramolecular Hbond substituents is 1. The van der Waals surface area contributed by atoms with Gasteiger partial charge in [0.25, 0.3) is 0 Å². The maximum absolute atomic E-state index is 10.4. The highest BCUT2D eigenvalue weighted by molar-refractivity contribution is 5.79. The van der Waals surface area contributed by atoms with Gasteiger partial charge in [0.05, 0.1) is 19.8 Å². The first-order valence-electron chi connectivity index (χ1n) is 10.1. The van der Waals surface area contributed by atoms with Crippen LogP contribution >= 0.6 is 0 Å². The van der Waals surface area contributed by atoms with Crippen LogP contribution in [0.25, 0.3) is 34.4 Å². The average molecular weight is 425 g/mol. The Kier molecular flexibility index (Phi) is 6.12. The Bertz CT molecular complexity index is 1270. The van der Waals surface area contributed by atoms with Crippen molar-refractivity contribution in [2.75, 3.05) is 14.2 Å². The summed E-state index contributed by atoms with van der Waals surface area (Å²) in [5.74, 6) is 2.89. The topological polar surface area (TPSA) is 77.4 Å². The maximum atomic E-state index is 10.4. The van der Waals surface area contributed by atoms with Crippen LogP contribution in [0.3, 0.4) is 0 Å². The second-order valence-corrected chi connectivity index (χ2v) is 7.13. The first-order chi connectivity index (χ1) is 15.6. The van der Waals surface area contributed by atoms with Crippen molar-refractivity contribution in [3.8, 4) is 40.0 Å². The van der Waals surface area contributed by atoms with Crippen molar-refractivity contribution >= 4 is 11.6 Å². The number of aromatic hydroxyl groups is 1. The van der Waals surface area contributed by atoms with E-state index in [9.17, 15) is 5.11 Å². The summed E-state index contributed by atoms with van der Waals surface area (Å²) in [7, 11) is 3.21. The van der Waals surface area contributed by atoms with Crippen molar-refractivity contribution < 1.29 is 14.6 Å². The lowest BCUT2D eigenvalue weighted by Crippen LogP contribution is -2.02. The Morgan fingerprint density at radius 1 is 0.781 bits per heavy atom. The van der Waals surface area contributed by atoms with Gasteiger partial charge >= 0.3 is 0 Å². The van der Waals surface area contributed by atoms with Gasteiger partial charge in [0, 0.05) is 5.56 Å². The normalized spacial score (nSPS) is 11.3. The molecular formula is C26H23N3O3. The van der Waals surface area contributed by atoms with Gasteiger partial charge in [-0.3, -0.25) is 0 Å². The Morgan fingerprint density at radius 3 is 2.19 bits per heavy atom. The van der Waals surface area contributed by atoms with Crippen LogP contribution in [0.1, 0.15) is 18.3 Å². The molecule has 0 bridgehead atoms. The molecule has 32 heavy (non-hydrogen) atoms. The lowest BCUT2D eigenvalue weighted by atomic mass is 10.1. The van der Waals surface area contributed by atoms with Crippen molar-refractivity contribution in [3.05, 3.63) is 84.2 Å². The molecule has 0 aliphatic rings. The van der Waals surface area contributed by atoms with E-state index >= 15 is 0 Å². The van der Waals surface area contributed by atoms with Crippen molar-refractivity contribution in [2.24, 2.45) is 0 Å². The lowest BCUT2D eigenvalue weighted by molar-refractivity contribution is 0.355. The summed E-state index contributed by atoms with van der Waals surface area (Å²) >= 11 is 0. The van der Waals surface area contributed by atoms with E-state index in [1.807, 2.05) is 67.6 Å². The third-order valence-electron chi connectivity index (χ3n) is 4.96. The van der Waals surface area contributed by atoms with Crippen LogP contribution in [-0.2, 0) is 0 Å². The fourth-order valence-corrected chi connectivity index (χ4v) is 3.31. The molecule has 0 saturated heterocycles. The number of methoxy groups -OCH3 is 2. The average Bonchev–Trinajstić information content (AvgIpc) is 2.84. The van der Waals surface area contributed by atoms with E-state index in [4.69, 9.17) is 14.5 Å². The monoisotopic (exact) mass is 425 g/mol. The molecule has 0 radical (unpaired) electrons. The van der Waals surface area contributed by atoms with Gasteiger partial charge in [-0.25, -0.2) is 15.0 Å². The van der Waals surface area contributed by atoms with Crippen LogP contribution < -0.4 is 9.47 Å². The first-order valence-corrected chi connectivity index (χ1v) is 10.1. The Morgan fingerprint density at radius 2 is 1.47 bits per heavy atom. The third kappa shape index (κ3) is 4.44. The number of para-hydroxylation sites is 1. The minimum Gasteiger partial charge on any atom is -0.507 e. The molecule has 0 aliphatic carbocycles. The molecule has 4 aromatic rings. The lowest BCUT2D eigenvalue weighted by Gasteiger charge is -2.10. The van der Waals surface area contributed by atoms with E-state index in [0.29, 0.717) is 34.5 Å². The standard InChI is InChI=1S/C26H23N3O3/c1-17(15-18-13-14-22(31-2)23(16-18)32-3)24-27-25(19-9-5-4-6-10-19)29-26(28-24)20-11-7-8-12-21(20)30/h4-16,30H,1-3H3/b17-15+. The molecule has 0 aliphatic heterocycles. The number of hydrogen-bond acceptors (Lipinski definition) is 6. The number of nitrogens with zero attached hydrogens (tertiary/aromatic N) is 3. The van der Waals surface area contributed by atoms with Gasteiger partial charge in [0.1, 0.15) is 5.75 Å². The quantitative estimate of drug-likeness (QED) is 0.440. The second kappa shape index (κ2) is 9.31. The fraction of sp³-hybridized carbons (Fsp3) is 0.115. The maximum Gasteiger partial charge on any atom is 0.167 e. The van der Waals surface area contributed by atoms with Crippen LogP contribution in [-0.4, -0.2) is 34.3 Å². The Balaban J connectivity index is 1.83. The van der Waals surface area contributed by atoms with Crippen molar-refractivity contribution in [3.63, 3.8) is 0 Å². The zero-order chi connectivity index (χ0) is 22.5. The van der Waals surface area contributed by atoms with Crippen molar-refractivity contribution in [2.45, 2.75) is 6.92 Å². The molecule has 160 valence electrons. The Labute approximate surface area is 186 Å². The molecule has 0 saturated carbocycles. The summed E-state index contributed by atoms with van der Waals surface area (Å²) in [5, 5.41) is 10.4. The molecule has 0 amide bonds. The van der Waals surface area contributed by atoms with E-state index in [2.05, 4.69) is 9.97 Å². The van der Waals surface area contributed by atoms with Crippen LogP contribution in [0, 0.1) is 0 Å². The number of aromatic nitrogens is 3. The number of ether oxygens (including phenoxy) is 2. The van der Waals surface area contributed by atoms with Crippen LogP contribution in [0.2, 0.25) is 0 Å². The van der Waals surface area contributed by atoms with Gasteiger partial charge in [0.15, 0.2) is 29.0 Å². The highest BCUT2D eigenvalue weighted by Gasteiger charge is 2.14. The van der Waals surface area contributed by atoms with E-state index in [1.165, 1.54) is 0 Å². The van der Waals surface area contributed by atoms with Crippen molar-refractivity contribution in [1.29, 1.82) is 0 Å². The highest BCUT2D eigenvalue weighted by Crippen LogP contribution is 2.31. The number of hydrogen-bond donors (Lipinski definition) is 1. The Hall–Kier alpha value is -4.19. The summed E-state index contributed by atoms with van der Waals surface area (Å²) < 4.78 is 10.7. The molecule has 4 rings (SSSR count). The van der Waals surface area contributed by atoms with Gasteiger partial charge in [-0.2, -0.15) is 0 Å². The second-order valence-electron chi connectivity index (χ2n) is 7.13. The van der Waals surface area contributed by atoms with Gasteiger partial charge in [-0.15, -0.1) is 0 Å². The minimum absolute atomic E-state index is 0.116. The number of phenols is 1. The molecule has 1 N–H and O–H groups in total. The van der Waals surface area contributed by atoms with Crippen LogP contribution in [0.5, 0.6) is 17.2 Å². The number of allylic oxidation sites excluding steroid dienone is 1. The molecule has 0 fully saturated rings. The molecule has 3 aromatic carbocycles. The SMILES string of the molecule is COc1ccc(/C=C(\C)c2nc(-c3ccccc3)nc(-c3ccccc3O)n2)cc1OC. The molecule has 1 aromatic heterocycles. The predicted octanol–water partition coefficient (Wildman–Crippen LogP) is 5.49. The summed E-state index contributed by atoms with van der Waals surface area (Å²) in [6.45, 7) is 1.94. The van der Waals surface area contributed by atoms with E-state index < -0.39 is 0 Å². The van der Waals surface area contributed by atoms with Gasteiger partial charge in [-0.05, 0) is 48.4 Å². The first kappa shape index (κ1) is 21.1. The van der Waals surface area contributed by atoms with E-state index in [1.54, 1.807) is 32.4 Å². The summed E-state index contributed by atoms with van der Waals surface area (Å²) in [5.41, 5.74) is 3.18. The van der Waals surface area contributed by atoms with Crippen LogP contribution in [0.15, 0.2) is 72.8 Å². The summed E-state index contributed by atoms with van der Waals surface area (Å²) in [6.07, 6.45) is 1.97. The molecule has 6 heteroatoms. The summed E-state index contributed by atoms with van der Waals surface area (Å²) in [6, 6.07) is 22.4. The third-order valence-corrected chi connectivity index (χ3v) is 4.96. The predicted molar refractivity (Wildman–Crippen MR) is 125 cm³/mol. The smallest absolute Gasteiger partial charge is 0.167 e. The van der Waals surface area contributed by atoms with Crippen molar-refractivity contribution in [1.82, 2.24) is 15.0 Å². The van der Waals surface area contributed by atoms with E-state index in [0.717, 1.165) is 16.7 Å². The zero-order valence-electron chi connectivity index (χ0n) is 18.1. The minimum atomic E-state index is 0.116. The highest BCUT2D eigenvalue weighted by atomic mass is 16.5.